The molecule has 0 unspecified atom stereocenters. The van der Waals surface area contributed by atoms with Gasteiger partial charge in [-0.3, -0.25) is 9.59 Å². The van der Waals surface area contributed by atoms with Crippen LogP contribution in [-0.4, -0.2) is 61.7 Å². The first-order valence-corrected chi connectivity index (χ1v) is 12.7. The number of carbonyl (C=O) groups excluding carboxylic acids is 2. The predicted molar refractivity (Wildman–Crippen MR) is 125 cm³/mol. The highest BCUT2D eigenvalue weighted by Crippen LogP contribution is 2.42. The first kappa shape index (κ1) is 24.5. The van der Waals surface area contributed by atoms with E-state index in [2.05, 4.69) is 11.9 Å². The maximum absolute atomic E-state index is 13.2. The summed E-state index contributed by atoms with van der Waals surface area (Å²) in [5, 5.41) is 2.76. The summed E-state index contributed by atoms with van der Waals surface area (Å²) in [4.78, 5) is 26.9. The van der Waals surface area contributed by atoms with Gasteiger partial charge in [-0.1, -0.05) is 17.7 Å². The first-order valence-electron chi connectivity index (χ1n) is 11.2. The lowest BCUT2D eigenvalue weighted by Crippen LogP contribution is -2.49. The number of hydrogen-bond acceptors (Lipinski definition) is 4. The molecule has 1 aromatic rings. The minimum absolute atomic E-state index is 0.0622. The van der Waals surface area contributed by atoms with Gasteiger partial charge in [0.25, 0.3) is 0 Å². The quantitative estimate of drug-likeness (QED) is 0.660. The number of amides is 2. The lowest BCUT2D eigenvalue weighted by atomic mass is 9.78. The third-order valence-electron chi connectivity index (χ3n) is 6.72. The predicted octanol–water partition coefficient (Wildman–Crippen LogP) is 2.78. The van der Waals surface area contributed by atoms with Gasteiger partial charge in [-0.25, -0.2) is 8.42 Å². The van der Waals surface area contributed by atoms with E-state index in [0.717, 1.165) is 36.0 Å². The number of nitrogens with one attached hydrogen (secondary N) is 1. The van der Waals surface area contributed by atoms with Gasteiger partial charge in [-0.15, -0.1) is 6.58 Å². The number of carbonyl (C=O) groups is 2. The Morgan fingerprint density at radius 1 is 1.12 bits per heavy atom. The van der Waals surface area contributed by atoms with Crippen LogP contribution in [0.1, 0.15) is 50.7 Å². The zero-order valence-electron chi connectivity index (χ0n) is 19.6. The molecule has 1 atom stereocenters. The van der Waals surface area contributed by atoms with Crippen LogP contribution >= 0.6 is 0 Å². The lowest BCUT2D eigenvalue weighted by molar-refractivity contribution is -0.135. The zero-order valence-corrected chi connectivity index (χ0v) is 20.4. The first-order chi connectivity index (χ1) is 14.9. The van der Waals surface area contributed by atoms with Gasteiger partial charge in [-0.2, -0.15) is 4.31 Å². The Labute approximate surface area is 191 Å². The van der Waals surface area contributed by atoms with Gasteiger partial charge >= 0.3 is 0 Å². The van der Waals surface area contributed by atoms with Crippen molar-refractivity contribution in [3.8, 4) is 0 Å². The molecule has 0 aromatic heterocycles. The van der Waals surface area contributed by atoms with E-state index in [9.17, 15) is 18.0 Å². The van der Waals surface area contributed by atoms with Crippen molar-refractivity contribution in [1.29, 1.82) is 0 Å². The highest BCUT2D eigenvalue weighted by molar-refractivity contribution is 7.89. The molecule has 2 amide bonds. The molecule has 2 aliphatic rings. The number of benzene rings is 1. The van der Waals surface area contributed by atoms with E-state index in [1.165, 1.54) is 6.92 Å². The normalized spacial score (nSPS) is 19.7. The molecule has 0 aliphatic carbocycles. The van der Waals surface area contributed by atoms with E-state index in [4.69, 9.17) is 0 Å². The molecule has 32 heavy (non-hydrogen) atoms. The van der Waals surface area contributed by atoms with Gasteiger partial charge in [0.05, 0.1) is 4.90 Å². The van der Waals surface area contributed by atoms with E-state index in [1.54, 1.807) is 10.4 Å². The number of piperidine rings is 1. The zero-order chi connectivity index (χ0) is 23.7. The number of nitrogens with zero attached hydrogens (tertiary/aromatic N) is 2. The molecular weight excluding hydrogens is 426 g/mol. The minimum atomic E-state index is -3.54. The second-order valence-electron chi connectivity index (χ2n) is 9.60. The molecule has 1 spiro atoms. The average molecular weight is 462 g/mol. The number of likely N-dealkylation sites (tertiary alicyclic amines) is 1. The monoisotopic (exact) mass is 461 g/mol. The van der Waals surface area contributed by atoms with E-state index in [1.807, 2.05) is 37.8 Å². The summed E-state index contributed by atoms with van der Waals surface area (Å²) < 4.78 is 28.1. The molecule has 0 saturated carbocycles. The second kappa shape index (κ2) is 9.35. The molecule has 2 heterocycles. The fraction of sp³-hybridized carbons (Fsp3) is 0.583. The Morgan fingerprint density at radius 2 is 1.75 bits per heavy atom. The van der Waals surface area contributed by atoms with Crippen molar-refractivity contribution in [3.05, 3.63) is 41.5 Å². The van der Waals surface area contributed by atoms with Crippen molar-refractivity contribution in [2.75, 3.05) is 26.2 Å². The topological polar surface area (TPSA) is 86.8 Å². The summed E-state index contributed by atoms with van der Waals surface area (Å²) in [7, 11) is -3.54. The van der Waals surface area contributed by atoms with Crippen LogP contribution in [0, 0.1) is 19.3 Å². The molecule has 2 fully saturated rings. The van der Waals surface area contributed by atoms with Crippen molar-refractivity contribution in [1.82, 2.24) is 14.5 Å². The molecule has 176 valence electrons. The van der Waals surface area contributed by atoms with E-state index < -0.39 is 16.1 Å². The summed E-state index contributed by atoms with van der Waals surface area (Å²) in [5.74, 6) is -0.311. The van der Waals surface area contributed by atoms with Crippen LogP contribution in [0.2, 0.25) is 0 Å². The van der Waals surface area contributed by atoms with E-state index in [0.29, 0.717) is 37.5 Å². The van der Waals surface area contributed by atoms with Gasteiger partial charge in [0.1, 0.15) is 6.04 Å². The van der Waals surface area contributed by atoms with Gasteiger partial charge in [0.2, 0.25) is 21.8 Å². The minimum Gasteiger partial charge on any atom is -0.344 e. The molecule has 0 bridgehead atoms. The molecule has 8 heteroatoms. The molecule has 2 aliphatic heterocycles. The van der Waals surface area contributed by atoms with Crippen LogP contribution in [0.3, 0.4) is 0 Å². The standard InChI is InChI=1S/C24H35N3O4S/c1-17(2)14-21(25-20(5)28)23(29)26-11-8-24(16-26)9-12-27(13-10-24)32(30,31)22-15-18(3)6-7-19(22)4/h6-7,15,21H,1,8-14,16H2,2-5H3,(H,25,28)/t21-/m0/s1. The van der Waals surface area contributed by atoms with Gasteiger partial charge in [0.15, 0.2) is 0 Å². The van der Waals surface area contributed by atoms with Crippen LogP contribution in [0.5, 0.6) is 0 Å². The molecule has 0 radical (unpaired) electrons. The van der Waals surface area contributed by atoms with Gasteiger partial charge in [-0.05, 0) is 69.1 Å². The van der Waals surface area contributed by atoms with Crippen molar-refractivity contribution >= 4 is 21.8 Å². The molecule has 2 saturated heterocycles. The third kappa shape index (κ3) is 5.23. The summed E-state index contributed by atoms with van der Waals surface area (Å²) in [5.41, 5.74) is 2.47. The van der Waals surface area contributed by atoms with Gasteiger partial charge < -0.3 is 10.2 Å². The summed E-state index contributed by atoms with van der Waals surface area (Å²) in [6.07, 6.45) is 2.73. The van der Waals surface area contributed by atoms with Crippen LogP contribution < -0.4 is 5.32 Å². The van der Waals surface area contributed by atoms with E-state index in [-0.39, 0.29) is 17.2 Å². The fourth-order valence-electron chi connectivity index (χ4n) is 4.87. The van der Waals surface area contributed by atoms with E-state index >= 15 is 0 Å². The van der Waals surface area contributed by atoms with Gasteiger partial charge in [0, 0.05) is 33.1 Å². The third-order valence-corrected chi connectivity index (χ3v) is 8.76. The molecule has 1 N–H and O–H groups in total. The van der Waals surface area contributed by atoms with Crippen molar-refractivity contribution < 1.29 is 18.0 Å². The SMILES string of the molecule is C=C(C)C[C@H](NC(C)=O)C(=O)N1CCC2(CCN(S(=O)(=O)c3cc(C)ccc3C)CC2)C1. The summed E-state index contributed by atoms with van der Waals surface area (Å²) >= 11 is 0. The molecular formula is C24H35N3O4S. The number of hydrogen-bond donors (Lipinski definition) is 1. The highest BCUT2D eigenvalue weighted by Gasteiger charge is 2.45. The number of aryl methyl sites for hydroxylation is 2. The Kier molecular flexibility index (Phi) is 7.15. The van der Waals surface area contributed by atoms with Crippen LogP contribution in [0.4, 0.5) is 0 Å². The van der Waals surface area contributed by atoms with Crippen molar-refractivity contribution in [3.63, 3.8) is 0 Å². The van der Waals surface area contributed by atoms with Crippen molar-refractivity contribution in [2.45, 2.75) is 64.3 Å². The Balaban J connectivity index is 1.67. The van der Waals surface area contributed by atoms with Crippen LogP contribution in [0.25, 0.3) is 0 Å². The van der Waals surface area contributed by atoms with Crippen LogP contribution in [-0.2, 0) is 19.6 Å². The summed E-state index contributed by atoms with van der Waals surface area (Å²) in [6.45, 7) is 13.0. The second-order valence-corrected chi connectivity index (χ2v) is 11.5. The Morgan fingerprint density at radius 3 is 2.34 bits per heavy atom. The summed E-state index contributed by atoms with van der Waals surface area (Å²) in [6, 6.07) is 4.93. The Bertz CT molecular complexity index is 994. The van der Waals surface area contributed by atoms with Crippen molar-refractivity contribution in [2.24, 2.45) is 5.41 Å². The molecule has 3 rings (SSSR count). The van der Waals surface area contributed by atoms with Crippen LogP contribution in [0.15, 0.2) is 35.2 Å². The largest absolute Gasteiger partial charge is 0.344 e. The Hall–Kier alpha value is -2.19. The number of rotatable bonds is 6. The number of sulfonamides is 1. The lowest BCUT2D eigenvalue weighted by Gasteiger charge is -2.39. The molecule has 7 nitrogen and oxygen atoms in total. The molecule has 1 aromatic carbocycles. The highest BCUT2D eigenvalue weighted by atomic mass is 32.2. The fourth-order valence-corrected chi connectivity index (χ4v) is 6.62. The maximum atomic E-state index is 13.2. The smallest absolute Gasteiger partial charge is 0.245 e. The average Bonchev–Trinajstić information content (AvgIpc) is 3.11. The maximum Gasteiger partial charge on any atom is 0.245 e.